The maximum atomic E-state index is 9.63. The lowest BCUT2D eigenvalue weighted by Crippen LogP contribution is -2.55. The molecule has 0 spiro atoms. The second-order valence-electron chi connectivity index (χ2n) is 5.79. The highest BCUT2D eigenvalue weighted by atomic mass is 16.3. The average Bonchev–Trinajstić information content (AvgIpc) is 3.04. The van der Waals surface area contributed by atoms with E-state index in [0.29, 0.717) is 6.04 Å². The Hall–Kier alpha value is -0.980. The van der Waals surface area contributed by atoms with Crippen LogP contribution in [-0.2, 0) is 13.1 Å². The molecule has 1 unspecified atom stereocenters. The molecule has 0 bridgehead atoms. The quantitative estimate of drug-likeness (QED) is 0.745. The van der Waals surface area contributed by atoms with Crippen molar-refractivity contribution in [2.45, 2.75) is 44.4 Å². The Balaban J connectivity index is 1.61. The van der Waals surface area contributed by atoms with Gasteiger partial charge in [-0.25, -0.2) is 0 Å². The Morgan fingerprint density at radius 2 is 2.33 bits per heavy atom. The minimum Gasteiger partial charge on any atom is -0.394 e. The van der Waals surface area contributed by atoms with Crippen LogP contribution in [0.1, 0.15) is 25.6 Å². The number of aliphatic hydroxyl groups excluding tert-OH is 1. The molecule has 1 aromatic rings. The molecular weight excluding hydrogens is 230 g/mol. The molecule has 1 saturated carbocycles. The Kier molecular flexibility index (Phi) is 3.09. The van der Waals surface area contributed by atoms with Gasteiger partial charge in [-0.1, -0.05) is 0 Å². The van der Waals surface area contributed by atoms with Crippen LogP contribution < -0.4 is 5.32 Å². The van der Waals surface area contributed by atoms with Crippen LogP contribution in [0.3, 0.4) is 0 Å². The van der Waals surface area contributed by atoms with Crippen LogP contribution in [0.25, 0.3) is 0 Å². The summed E-state index contributed by atoms with van der Waals surface area (Å²) in [5.41, 5.74) is -0.205. The summed E-state index contributed by atoms with van der Waals surface area (Å²) in [6.07, 6.45) is 4.27. The first-order valence-corrected chi connectivity index (χ1v) is 6.66. The molecule has 0 aromatic carbocycles. The first-order valence-electron chi connectivity index (χ1n) is 6.66. The molecule has 2 heterocycles. The van der Waals surface area contributed by atoms with E-state index >= 15 is 0 Å². The monoisotopic (exact) mass is 251 g/mol. The van der Waals surface area contributed by atoms with Gasteiger partial charge in [-0.15, -0.1) is 10.2 Å². The molecule has 1 fully saturated rings. The van der Waals surface area contributed by atoms with E-state index in [0.717, 1.165) is 32.0 Å². The molecule has 3 rings (SSSR count). The van der Waals surface area contributed by atoms with Crippen molar-refractivity contribution >= 4 is 0 Å². The van der Waals surface area contributed by atoms with Crippen LogP contribution in [0.4, 0.5) is 0 Å². The number of fused-ring (bicyclic) bond motifs is 1. The lowest BCUT2D eigenvalue weighted by atomic mass is 10.0. The van der Waals surface area contributed by atoms with Gasteiger partial charge in [-0.3, -0.25) is 4.90 Å². The molecule has 0 amide bonds. The third kappa shape index (κ3) is 2.55. The van der Waals surface area contributed by atoms with Crippen molar-refractivity contribution in [3.05, 3.63) is 12.2 Å². The number of hydrogen-bond acceptors (Lipinski definition) is 5. The molecule has 6 nitrogen and oxygen atoms in total. The van der Waals surface area contributed by atoms with Gasteiger partial charge in [0.05, 0.1) is 18.7 Å². The molecule has 100 valence electrons. The van der Waals surface area contributed by atoms with Crippen molar-refractivity contribution in [3.63, 3.8) is 0 Å². The fourth-order valence-corrected chi connectivity index (χ4v) is 2.61. The van der Waals surface area contributed by atoms with Crippen LogP contribution in [0.2, 0.25) is 0 Å². The number of hydrogen-bond donors (Lipinski definition) is 2. The lowest BCUT2D eigenvalue weighted by Gasteiger charge is -2.36. The summed E-state index contributed by atoms with van der Waals surface area (Å²) in [7, 11) is 0. The normalized spacial score (nSPS) is 23.7. The smallest absolute Gasteiger partial charge is 0.147 e. The number of aliphatic hydroxyl groups is 1. The maximum absolute atomic E-state index is 9.63. The van der Waals surface area contributed by atoms with Crippen LogP contribution in [0, 0.1) is 0 Å². The predicted molar refractivity (Wildman–Crippen MR) is 66.9 cm³/mol. The van der Waals surface area contributed by atoms with E-state index in [2.05, 4.69) is 31.9 Å². The minimum absolute atomic E-state index is 0.173. The van der Waals surface area contributed by atoms with Crippen molar-refractivity contribution in [3.8, 4) is 0 Å². The minimum atomic E-state index is -0.205. The lowest BCUT2D eigenvalue weighted by molar-refractivity contribution is 0.102. The molecular formula is C12H21N5O. The summed E-state index contributed by atoms with van der Waals surface area (Å²) in [4.78, 5) is 2.34. The van der Waals surface area contributed by atoms with Gasteiger partial charge >= 0.3 is 0 Å². The van der Waals surface area contributed by atoms with Gasteiger partial charge in [0.15, 0.2) is 0 Å². The van der Waals surface area contributed by atoms with Crippen LogP contribution in [-0.4, -0.2) is 56.0 Å². The fourth-order valence-electron chi connectivity index (χ4n) is 2.61. The summed E-state index contributed by atoms with van der Waals surface area (Å²) in [6.45, 7) is 5.88. The highest BCUT2D eigenvalue weighted by Gasteiger charge is 2.34. The van der Waals surface area contributed by atoms with Gasteiger partial charge in [-0.05, 0) is 19.8 Å². The standard InChI is InChI=1S/C12H21N5O/c1-12(8-18,14-10-2-3-10)7-16-4-5-17-9-13-15-11(17)6-16/h9-10,14,18H,2-8H2,1H3. The van der Waals surface area contributed by atoms with E-state index in [9.17, 15) is 5.11 Å². The van der Waals surface area contributed by atoms with Crippen LogP contribution >= 0.6 is 0 Å². The maximum Gasteiger partial charge on any atom is 0.147 e. The van der Waals surface area contributed by atoms with Gasteiger partial charge in [0.1, 0.15) is 12.2 Å². The summed E-state index contributed by atoms with van der Waals surface area (Å²) >= 11 is 0. The summed E-state index contributed by atoms with van der Waals surface area (Å²) in [5, 5.41) is 21.2. The molecule has 2 N–H and O–H groups in total. The second kappa shape index (κ2) is 4.60. The fraction of sp³-hybridized carbons (Fsp3) is 0.833. The number of aromatic nitrogens is 3. The molecule has 2 aliphatic rings. The highest BCUT2D eigenvalue weighted by Crippen LogP contribution is 2.23. The first-order chi connectivity index (χ1) is 8.68. The van der Waals surface area contributed by atoms with Gasteiger partial charge < -0.3 is 15.0 Å². The zero-order valence-corrected chi connectivity index (χ0v) is 10.8. The zero-order chi connectivity index (χ0) is 12.6. The van der Waals surface area contributed by atoms with E-state index in [1.165, 1.54) is 12.8 Å². The van der Waals surface area contributed by atoms with Gasteiger partial charge in [0.2, 0.25) is 0 Å². The third-order valence-corrected chi connectivity index (χ3v) is 3.77. The van der Waals surface area contributed by atoms with Crippen molar-refractivity contribution in [2.24, 2.45) is 0 Å². The molecule has 1 aliphatic heterocycles. The number of nitrogens with zero attached hydrogens (tertiary/aromatic N) is 4. The van der Waals surface area contributed by atoms with E-state index in [1.54, 1.807) is 6.33 Å². The Morgan fingerprint density at radius 3 is 3.06 bits per heavy atom. The second-order valence-corrected chi connectivity index (χ2v) is 5.79. The van der Waals surface area contributed by atoms with Crippen molar-refractivity contribution in [1.82, 2.24) is 25.0 Å². The van der Waals surface area contributed by atoms with Crippen molar-refractivity contribution in [2.75, 3.05) is 19.7 Å². The molecule has 0 saturated heterocycles. The van der Waals surface area contributed by atoms with Crippen LogP contribution in [0.5, 0.6) is 0 Å². The van der Waals surface area contributed by atoms with E-state index in [1.807, 2.05) is 0 Å². The van der Waals surface area contributed by atoms with Gasteiger partial charge in [0, 0.05) is 25.7 Å². The zero-order valence-electron chi connectivity index (χ0n) is 10.8. The number of nitrogens with one attached hydrogen (secondary N) is 1. The average molecular weight is 251 g/mol. The molecule has 1 aliphatic carbocycles. The SMILES string of the molecule is CC(CO)(CN1CCn2cnnc2C1)NC1CC1. The van der Waals surface area contributed by atoms with E-state index in [4.69, 9.17) is 0 Å². The predicted octanol–water partition coefficient (Wildman–Crippen LogP) is -0.403. The summed E-state index contributed by atoms with van der Waals surface area (Å²) in [6, 6.07) is 0.607. The Labute approximate surface area is 107 Å². The summed E-state index contributed by atoms with van der Waals surface area (Å²) < 4.78 is 2.10. The largest absolute Gasteiger partial charge is 0.394 e. The summed E-state index contributed by atoms with van der Waals surface area (Å²) in [5.74, 6) is 1.02. The molecule has 18 heavy (non-hydrogen) atoms. The van der Waals surface area contributed by atoms with Gasteiger partial charge in [0.25, 0.3) is 0 Å². The molecule has 6 heteroatoms. The highest BCUT2D eigenvalue weighted by molar-refractivity contribution is 4.97. The third-order valence-electron chi connectivity index (χ3n) is 3.77. The van der Waals surface area contributed by atoms with Crippen molar-refractivity contribution in [1.29, 1.82) is 0 Å². The van der Waals surface area contributed by atoms with Gasteiger partial charge in [-0.2, -0.15) is 0 Å². The first kappa shape index (κ1) is 12.1. The van der Waals surface area contributed by atoms with E-state index in [-0.39, 0.29) is 12.1 Å². The molecule has 1 aromatic heterocycles. The van der Waals surface area contributed by atoms with E-state index < -0.39 is 0 Å². The van der Waals surface area contributed by atoms with Crippen molar-refractivity contribution < 1.29 is 5.11 Å². The Morgan fingerprint density at radius 1 is 1.50 bits per heavy atom. The Bertz CT molecular complexity index is 416. The van der Waals surface area contributed by atoms with Crippen LogP contribution in [0.15, 0.2) is 6.33 Å². The molecule has 1 atom stereocenters. The topological polar surface area (TPSA) is 66.2 Å². The molecule has 0 radical (unpaired) electrons. The number of rotatable bonds is 5.